The van der Waals surface area contributed by atoms with Crippen LogP contribution in [0.3, 0.4) is 0 Å². The van der Waals surface area contributed by atoms with Crippen molar-refractivity contribution in [2.75, 3.05) is 18.2 Å². The standard InChI is InChI=1S/C14H12F2N2O2/c1-20-13-5-3-9(7-12(13)17)18-14(19)10-6-8(15)2-4-11(10)16/h2-7H,17H2,1H3,(H,18,19). The summed E-state index contributed by atoms with van der Waals surface area (Å²) in [6, 6.07) is 7.24. The number of ether oxygens (including phenoxy) is 1. The highest BCUT2D eigenvalue weighted by Crippen LogP contribution is 2.25. The Bertz CT molecular complexity index is 660. The number of hydrogen-bond donors (Lipinski definition) is 2. The molecule has 0 aromatic heterocycles. The number of nitrogen functional groups attached to an aromatic ring is 1. The molecule has 6 heteroatoms. The van der Waals surface area contributed by atoms with Crippen LogP contribution in [0.15, 0.2) is 36.4 Å². The SMILES string of the molecule is COc1ccc(NC(=O)c2cc(F)ccc2F)cc1N. The van der Waals surface area contributed by atoms with Crippen molar-refractivity contribution < 1.29 is 18.3 Å². The van der Waals surface area contributed by atoms with Gasteiger partial charge >= 0.3 is 0 Å². The Hall–Kier alpha value is -2.63. The maximum absolute atomic E-state index is 13.4. The lowest BCUT2D eigenvalue weighted by Gasteiger charge is -2.09. The molecule has 0 fully saturated rings. The molecule has 104 valence electrons. The third kappa shape index (κ3) is 2.85. The summed E-state index contributed by atoms with van der Waals surface area (Å²) in [6.07, 6.45) is 0. The van der Waals surface area contributed by atoms with Gasteiger partial charge in [0.2, 0.25) is 0 Å². The molecule has 0 atom stereocenters. The lowest BCUT2D eigenvalue weighted by molar-refractivity contribution is 0.102. The molecule has 0 radical (unpaired) electrons. The highest BCUT2D eigenvalue weighted by atomic mass is 19.1. The molecule has 0 unspecified atom stereocenters. The minimum Gasteiger partial charge on any atom is -0.495 e. The van der Waals surface area contributed by atoms with E-state index < -0.39 is 17.5 Å². The molecule has 2 rings (SSSR count). The van der Waals surface area contributed by atoms with E-state index in [0.717, 1.165) is 18.2 Å². The average molecular weight is 278 g/mol. The largest absolute Gasteiger partial charge is 0.495 e. The summed E-state index contributed by atoms with van der Waals surface area (Å²) in [5.74, 6) is -1.79. The average Bonchev–Trinajstić information content (AvgIpc) is 2.41. The summed E-state index contributed by atoms with van der Waals surface area (Å²) in [5.41, 5.74) is 6.00. The van der Waals surface area contributed by atoms with E-state index in [1.165, 1.54) is 13.2 Å². The number of nitrogens with two attached hydrogens (primary N) is 1. The zero-order valence-electron chi connectivity index (χ0n) is 10.6. The molecule has 2 aromatic rings. The second-order valence-electron chi connectivity index (χ2n) is 4.04. The minimum absolute atomic E-state index is 0.324. The van der Waals surface area contributed by atoms with Gasteiger partial charge in [-0.25, -0.2) is 8.78 Å². The molecule has 0 aliphatic rings. The first-order valence-corrected chi connectivity index (χ1v) is 5.71. The fourth-order valence-electron chi connectivity index (χ4n) is 1.68. The van der Waals surface area contributed by atoms with Crippen LogP contribution in [-0.2, 0) is 0 Å². The molecular weight excluding hydrogens is 266 g/mol. The van der Waals surface area contributed by atoms with Crippen LogP contribution >= 0.6 is 0 Å². The van der Waals surface area contributed by atoms with Gasteiger partial charge in [-0.05, 0) is 36.4 Å². The zero-order valence-corrected chi connectivity index (χ0v) is 10.6. The predicted molar refractivity (Wildman–Crippen MR) is 71.7 cm³/mol. The number of amides is 1. The van der Waals surface area contributed by atoms with E-state index in [9.17, 15) is 13.6 Å². The molecule has 0 aliphatic heterocycles. The summed E-state index contributed by atoms with van der Waals surface area (Å²) in [6.45, 7) is 0. The Morgan fingerprint density at radius 1 is 1.20 bits per heavy atom. The van der Waals surface area contributed by atoms with Crippen LogP contribution in [0, 0.1) is 11.6 Å². The monoisotopic (exact) mass is 278 g/mol. The maximum Gasteiger partial charge on any atom is 0.258 e. The van der Waals surface area contributed by atoms with Crippen LogP contribution in [0.4, 0.5) is 20.2 Å². The van der Waals surface area contributed by atoms with Crippen molar-refractivity contribution in [1.29, 1.82) is 0 Å². The maximum atomic E-state index is 13.4. The fraction of sp³-hybridized carbons (Fsp3) is 0.0714. The molecule has 0 bridgehead atoms. The molecular formula is C14H12F2N2O2. The Morgan fingerprint density at radius 3 is 2.60 bits per heavy atom. The first-order valence-electron chi connectivity index (χ1n) is 5.71. The van der Waals surface area contributed by atoms with Gasteiger partial charge in [0.05, 0.1) is 18.4 Å². The summed E-state index contributed by atoms with van der Waals surface area (Å²) in [4.78, 5) is 11.9. The zero-order chi connectivity index (χ0) is 14.7. The molecule has 0 aliphatic carbocycles. The number of anilines is 2. The van der Waals surface area contributed by atoms with Gasteiger partial charge in [-0.2, -0.15) is 0 Å². The van der Waals surface area contributed by atoms with Crippen molar-refractivity contribution in [3.63, 3.8) is 0 Å². The fourth-order valence-corrected chi connectivity index (χ4v) is 1.68. The third-order valence-electron chi connectivity index (χ3n) is 2.66. The molecule has 0 spiro atoms. The van der Waals surface area contributed by atoms with E-state index in [-0.39, 0.29) is 5.56 Å². The number of carbonyl (C=O) groups excluding carboxylic acids is 1. The molecule has 1 amide bonds. The van der Waals surface area contributed by atoms with E-state index in [1.807, 2.05) is 0 Å². The van der Waals surface area contributed by atoms with Crippen molar-refractivity contribution in [1.82, 2.24) is 0 Å². The molecule has 20 heavy (non-hydrogen) atoms. The van der Waals surface area contributed by atoms with Crippen molar-refractivity contribution in [2.24, 2.45) is 0 Å². The molecule has 0 heterocycles. The van der Waals surface area contributed by atoms with Crippen LogP contribution in [0.5, 0.6) is 5.75 Å². The molecule has 0 saturated carbocycles. The van der Waals surface area contributed by atoms with Gasteiger partial charge in [-0.3, -0.25) is 4.79 Å². The lowest BCUT2D eigenvalue weighted by Crippen LogP contribution is -2.14. The molecule has 3 N–H and O–H groups in total. The number of methoxy groups -OCH3 is 1. The normalized spacial score (nSPS) is 10.2. The third-order valence-corrected chi connectivity index (χ3v) is 2.66. The summed E-state index contributed by atoms with van der Waals surface area (Å²) >= 11 is 0. The molecule has 4 nitrogen and oxygen atoms in total. The number of halogens is 2. The first kappa shape index (κ1) is 13.8. The van der Waals surface area contributed by atoms with E-state index in [0.29, 0.717) is 17.1 Å². The van der Waals surface area contributed by atoms with Crippen LogP contribution in [0.25, 0.3) is 0 Å². The summed E-state index contributed by atoms with van der Waals surface area (Å²) < 4.78 is 31.5. The van der Waals surface area contributed by atoms with Crippen LogP contribution in [0.1, 0.15) is 10.4 Å². The number of nitrogens with one attached hydrogen (secondary N) is 1. The number of carbonyl (C=O) groups is 1. The second kappa shape index (κ2) is 5.56. The van der Waals surface area contributed by atoms with Gasteiger partial charge < -0.3 is 15.8 Å². The Balaban J connectivity index is 2.23. The van der Waals surface area contributed by atoms with E-state index in [1.54, 1.807) is 12.1 Å². The predicted octanol–water partition coefficient (Wildman–Crippen LogP) is 2.81. The van der Waals surface area contributed by atoms with Gasteiger partial charge in [0.15, 0.2) is 0 Å². The van der Waals surface area contributed by atoms with E-state index >= 15 is 0 Å². The smallest absolute Gasteiger partial charge is 0.258 e. The summed E-state index contributed by atoms with van der Waals surface area (Å²) in [5, 5.41) is 2.44. The highest BCUT2D eigenvalue weighted by Gasteiger charge is 2.13. The second-order valence-corrected chi connectivity index (χ2v) is 4.04. The molecule has 0 saturated heterocycles. The quantitative estimate of drug-likeness (QED) is 0.848. The van der Waals surface area contributed by atoms with Crippen LogP contribution < -0.4 is 15.8 Å². The van der Waals surface area contributed by atoms with Gasteiger partial charge in [-0.1, -0.05) is 0 Å². The highest BCUT2D eigenvalue weighted by molar-refractivity contribution is 6.04. The van der Waals surface area contributed by atoms with Crippen molar-refractivity contribution >= 4 is 17.3 Å². The van der Waals surface area contributed by atoms with Crippen molar-refractivity contribution in [3.05, 3.63) is 53.6 Å². The number of rotatable bonds is 3. The van der Waals surface area contributed by atoms with Crippen LogP contribution in [-0.4, -0.2) is 13.0 Å². The van der Waals surface area contributed by atoms with Gasteiger partial charge in [0, 0.05) is 5.69 Å². The van der Waals surface area contributed by atoms with Gasteiger partial charge in [0.1, 0.15) is 17.4 Å². The van der Waals surface area contributed by atoms with Crippen LogP contribution in [0.2, 0.25) is 0 Å². The number of hydrogen-bond acceptors (Lipinski definition) is 3. The van der Waals surface area contributed by atoms with Crippen molar-refractivity contribution in [2.45, 2.75) is 0 Å². The topological polar surface area (TPSA) is 64.3 Å². The first-order chi connectivity index (χ1) is 9.51. The Labute approximate surface area is 114 Å². The van der Waals surface area contributed by atoms with E-state index in [4.69, 9.17) is 10.5 Å². The lowest BCUT2D eigenvalue weighted by atomic mass is 10.2. The van der Waals surface area contributed by atoms with Crippen molar-refractivity contribution in [3.8, 4) is 5.75 Å². The Morgan fingerprint density at radius 2 is 1.95 bits per heavy atom. The number of benzene rings is 2. The molecule has 2 aromatic carbocycles. The van der Waals surface area contributed by atoms with E-state index in [2.05, 4.69) is 5.32 Å². The Kier molecular flexibility index (Phi) is 3.84. The van der Waals surface area contributed by atoms with Gasteiger partial charge in [0.25, 0.3) is 5.91 Å². The summed E-state index contributed by atoms with van der Waals surface area (Å²) in [7, 11) is 1.46. The van der Waals surface area contributed by atoms with Gasteiger partial charge in [-0.15, -0.1) is 0 Å². The minimum atomic E-state index is -0.801.